The van der Waals surface area contributed by atoms with E-state index in [1.165, 1.54) is 0 Å². The fourth-order valence-corrected chi connectivity index (χ4v) is 5.11. The molecule has 5 rings (SSSR count). The van der Waals surface area contributed by atoms with Crippen LogP contribution in [0.5, 0.6) is 5.88 Å². The van der Waals surface area contributed by atoms with Gasteiger partial charge in [0, 0.05) is 48.2 Å². The zero-order valence-corrected chi connectivity index (χ0v) is 18.6. The SMILES string of the molecule is Cc1ccc(OCC2CCC3CC[C@@H]2N3C(=O)c2cc(C)ccc2-c2ncccn2)nc1. The van der Waals surface area contributed by atoms with Gasteiger partial charge < -0.3 is 9.64 Å². The average molecular weight is 429 g/mol. The summed E-state index contributed by atoms with van der Waals surface area (Å²) in [6.45, 7) is 4.61. The van der Waals surface area contributed by atoms with Gasteiger partial charge >= 0.3 is 0 Å². The van der Waals surface area contributed by atoms with Gasteiger partial charge in [0.2, 0.25) is 5.88 Å². The predicted octanol–water partition coefficient (Wildman–Crippen LogP) is 4.62. The van der Waals surface area contributed by atoms with Crippen molar-refractivity contribution >= 4 is 5.91 Å². The summed E-state index contributed by atoms with van der Waals surface area (Å²) in [6, 6.07) is 12.2. The number of pyridine rings is 1. The second-order valence-electron chi connectivity index (χ2n) is 8.95. The topological polar surface area (TPSA) is 68.2 Å². The number of piperidine rings is 1. The Bertz CT molecular complexity index is 1100. The smallest absolute Gasteiger partial charge is 0.255 e. The minimum atomic E-state index is 0.0850. The molecule has 3 atom stereocenters. The molecule has 164 valence electrons. The van der Waals surface area contributed by atoms with Crippen molar-refractivity contribution in [3.63, 3.8) is 0 Å². The molecule has 1 amide bonds. The van der Waals surface area contributed by atoms with Crippen LogP contribution in [0.25, 0.3) is 11.4 Å². The molecule has 2 aliphatic heterocycles. The van der Waals surface area contributed by atoms with Crippen LogP contribution in [-0.2, 0) is 0 Å². The van der Waals surface area contributed by atoms with E-state index in [2.05, 4.69) is 19.9 Å². The summed E-state index contributed by atoms with van der Waals surface area (Å²) in [5, 5.41) is 0. The number of aryl methyl sites for hydroxylation is 2. The van der Waals surface area contributed by atoms with E-state index < -0.39 is 0 Å². The molecule has 2 unspecified atom stereocenters. The van der Waals surface area contributed by atoms with Gasteiger partial charge in [0.15, 0.2) is 5.82 Å². The summed E-state index contributed by atoms with van der Waals surface area (Å²) in [6.07, 6.45) is 9.42. The number of aromatic nitrogens is 3. The van der Waals surface area contributed by atoms with Crippen molar-refractivity contribution in [2.24, 2.45) is 5.92 Å². The van der Waals surface area contributed by atoms with Gasteiger partial charge in [0.1, 0.15) is 0 Å². The molecular weight excluding hydrogens is 400 g/mol. The third kappa shape index (κ3) is 3.97. The van der Waals surface area contributed by atoms with E-state index in [1.54, 1.807) is 18.5 Å². The number of hydrogen-bond acceptors (Lipinski definition) is 5. The fourth-order valence-electron chi connectivity index (χ4n) is 5.11. The number of amides is 1. The molecule has 0 radical (unpaired) electrons. The van der Waals surface area contributed by atoms with Crippen molar-refractivity contribution in [1.82, 2.24) is 19.9 Å². The third-order valence-corrected chi connectivity index (χ3v) is 6.74. The Hall–Kier alpha value is -3.28. The first kappa shape index (κ1) is 20.6. The quantitative estimate of drug-likeness (QED) is 0.593. The van der Waals surface area contributed by atoms with E-state index in [1.807, 2.05) is 50.4 Å². The first-order valence-electron chi connectivity index (χ1n) is 11.4. The molecule has 2 aromatic heterocycles. The van der Waals surface area contributed by atoms with Crippen LogP contribution in [0.2, 0.25) is 0 Å². The number of carbonyl (C=O) groups is 1. The van der Waals surface area contributed by atoms with E-state index in [9.17, 15) is 4.79 Å². The van der Waals surface area contributed by atoms with Crippen LogP contribution in [0, 0.1) is 19.8 Å². The van der Waals surface area contributed by atoms with Gasteiger partial charge in [0.05, 0.1) is 12.2 Å². The van der Waals surface area contributed by atoms with Crippen LogP contribution in [0.3, 0.4) is 0 Å². The molecule has 0 aliphatic carbocycles. The maximum atomic E-state index is 13.9. The van der Waals surface area contributed by atoms with Gasteiger partial charge in [-0.15, -0.1) is 0 Å². The van der Waals surface area contributed by atoms with Crippen molar-refractivity contribution in [3.05, 3.63) is 71.7 Å². The summed E-state index contributed by atoms with van der Waals surface area (Å²) in [4.78, 5) is 29.2. The van der Waals surface area contributed by atoms with Gasteiger partial charge in [-0.3, -0.25) is 4.79 Å². The van der Waals surface area contributed by atoms with E-state index in [4.69, 9.17) is 4.74 Å². The highest BCUT2D eigenvalue weighted by molar-refractivity contribution is 6.01. The van der Waals surface area contributed by atoms with Crippen LogP contribution >= 0.6 is 0 Å². The van der Waals surface area contributed by atoms with Gasteiger partial charge in [0.25, 0.3) is 5.91 Å². The molecule has 1 aromatic carbocycles. The number of rotatable bonds is 5. The standard InChI is InChI=1S/C26H28N4O2/c1-17-4-9-21(25-27-12-3-13-28-25)22(14-17)26(31)30-20-7-6-19(23(30)10-8-20)16-32-24-11-5-18(2)15-29-24/h3-5,9,11-15,19-20,23H,6-8,10,16H2,1-2H3/t19?,20?,23-/m0/s1. The van der Waals surface area contributed by atoms with Gasteiger partial charge in [-0.25, -0.2) is 15.0 Å². The number of fused-ring (bicyclic) bond motifs is 2. The molecule has 2 bridgehead atoms. The highest BCUT2D eigenvalue weighted by Gasteiger charge is 2.45. The molecule has 0 N–H and O–H groups in total. The highest BCUT2D eigenvalue weighted by Crippen LogP contribution is 2.41. The number of hydrogen-bond donors (Lipinski definition) is 0. The van der Waals surface area contributed by atoms with E-state index in [0.29, 0.717) is 35.8 Å². The average Bonchev–Trinajstić information content (AvgIpc) is 3.13. The van der Waals surface area contributed by atoms with Crippen LogP contribution in [0.1, 0.15) is 47.2 Å². The molecule has 2 fully saturated rings. The van der Waals surface area contributed by atoms with E-state index in [0.717, 1.165) is 42.4 Å². The Labute approximate surface area is 188 Å². The molecule has 2 saturated heterocycles. The molecule has 4 heterocycles. The first-order valence-corrected chi connectivity index (χ1v) is 11.4. The minimum Gasteiger partial charge on any atom is -0.477 e. The highest BCUT2D eigenvalue weighted by atomic mass is 16.5. The Balaban J connectivity index is 1.39. The predicted molar refractivity (Wildman–Crippen MR) is 122 cm³/mol. The number of carbonyl (C=O) groups excluding carboxylic acids is 1. The van der Waals surface area contributed by atoms with Crippen molar-refractivity contribution in [2.45, 2.75) is 51.6 Å². The number of nitrogens with zero attached hydrogens (tertiary/aromatic N) is 4. The normalized spacial score (nSPS) is 22.1. The molecular formula is C26H28N4O2. The van der Waals surface area contributed by atoms with Crippen molar-refractivity contribution in [1.29, 1.82) is 0 Å². The third-order valence-electron chi connectivity index (χ3n) is 6.74. The maximum absolute atomic E-state index is 13.9. The van der Waals surface area contributed by atoms with Crippen LogP contribution in [0.15, 0.2) is 55.0 Å². The van der Waals surface area contributed by atoms with Crippen LogP contribution < -0.4 is 4.74 Å². The Morgan fingerprint density at radius 1 is 1.00 bits per heavy atom. The number of benzene rings is 1. The van der Waals surface area contributed by atoms with Gasteiger partial charge in [-0.1, -0.05) is 23.8 Å². The zero-order chi connectivity index (χ0) is 22.1. The van der Waals surface area contributed by atoms with Crippen LogP contribution in [-0.4, -0.2) is 44.4 Å². The lowest BCUT2D eigenvalue weighted by molar-refractivity contribution is 0.0404. The maximum Gasteiger partial charge on any atom is 0.255 e. The Kier molecular flexibility index (Phi) is 5.60. The summed E-state index contributed by atoms with van der Waals surface area (Å²) >= 11 is 0. The lowest BCUT2D eigenvalue weighted by Gasteiger charge is -2.40. The van der Waals surface area contributed by atoms with Crippen molar-refractivity contribution in [2.75, 3.05) is 6.61 Å². The molecule has 6 nitrogen and oxygen atoms in total. The number of ether oxygens (including phenoxy) is 1. The van der Waals surface area contributed by atoms with Gasteiger partial charge in [-0.2, -0.15) is 0 Å². The summed E-state index contributed by atoms with van der Waals surface area (Å²) in [7, 11) is 0. The largest absolute Gasteiger partial charge is 0.477 e. The molecule has 3 aromatic rings. The molecule has 6 heteroatoms. The minimum absolute atomic E-state index is 0.0850. The lowest BCUT2D eigenvalue weighted by Crippen LogP contribution is -2.49. The van der Waals surface area contributed by atoms with Crippen LogP contribution in [0.4, 0.5) is 0 Å². The Morgan fingerprint density at radius 2 is 1.78 bits per heavy atom. The second kappa shape index (κ2) is 8.69. The molecule has 32 heavy (non-hydrogen) atoms. The van der Waals surface area contributed by atoms with Crippen molar-refractivity contribution in [3.8, 4) is 17.3 Å². The van der Waals surface area contributed by atoms with Crippen molar-refractivity contribution < 1.29 is 9.53 Å². The summed E-state index contributed by atoms with van der Waals surface area (Å²) in [5.74, 6) is 1.63. The molecule has 0 saturated carbocycles. The Morgan fingerprint density at radius 3 is 2.56 bits per heavy atom. The summed E-state index contributed by atoms with van der Waals surface area (Å²) in [5.41, 5.74) is 3.65. The zero-order valence-electron chi connectivity index (χ0n) is 18.6. The van der Waals surface area contributed by atoms with E-state index in [-0.39, 0.29) is 11.9 Å². The second-order valence-corrected chi connectivity index (χ2v) is 8.95. The molecule has 0 spiro atoms. The van der Waals surface area contributed by atoms with Gasteiger partial charge in [-0.05, 0) is 57.2 Å². The van der Waals surface area contributed by atoms with E-state index >= 15 is 0 Å². The summed E-state index contributed by atoms with van der Waals surface area (Å²) < 4.78 is 6.03. The molecule has 2 aliphatic rings. The monoisotopic (exact) mass is 428 g/mol. The lowest BCUT2D eigenvalue weighted by atomic mass is 9.89. The first-order chi connectivity index (χ1) is 15.6. The fraction of sp³-hybridized carbons (Fsp3) is 0.385.